The van der Waals surface area contributed by atoms with E-state index in [0.717, 1.165) is 6.29 Å². The number of carbonyl (C=O) groups is 1. The Hall–Kier alpha value is -2.71. The first kappa shape index (κ1) is 15.8. The van der Waals surface area contributed by atoms with Crippen molar-refractivity contribution in [1.82, 2.24) is 4.90 Å². The van der Waals surface area contributed by atoms with Gasteiger partial charge in [0.1, 0.15) is 6.29 Å². The van der Waals surface area contributed by atoms with Crippen molar-refractivity contribution in [2.45, 2.75) is 24.5 Å². The molecular formula is C23H21NO. The Morgan fingerprint density at radius 2 is 1.08 bits per heavy atom. The van der Waals surface area contributed by atoms with E-state index in [9.17, 15) is 4.79 Å². The number of rotatable bonds is 5. The minimum atomic E-state index is -0.464. The first-order chi connectivity index (χ1) is 12.3. The highest BCUT2D eigenvalue weighted by Crippen LogP contribution is 2.50. The molecule has 1 aliphatic rings. The van der Waals surface area contributed by atoms with E-state index in [4.69, 9.17) is 0 Å². The molecule has 1 fully saturated rings. The molecule has 0 N–H and O–H groups in total. The molecule has 0 saturated carbocycles. The topological polar surface area (TPSA) is 20.1 Å². The van der Waals surface area contributed by atoms with Crippen LogP contribution >= 0.6 is 0 Å². The smallest absolute Gasteiger partial charge is 0.138 e. The van der Waals surface area contributed by atoms with Crippen LogP contribution in [-0.2, 0) is 10.3 Å². The fraction of sp³-hybridized carbons (Fsp3) is 0.174. The first-order valence-electron chi connectivity index (χ1n) is 8.70. The van der Waals surface area contributed by atoms with Gasteiger partial charge in [0.15, 0.2) is 0 Å². The molecule has 3 atom stereocenters. The van der Waals surface area contributed by atoms with Gasteiger partial charge in [0.2, 0.25) is 0 Å². The second kappa shape index (κ2) is 6.30. The van der Waals surface area contributed by atoms with Crippen LogP contribution in [0.4, 0.5) is 0 Å². The highest BCUT2D eigenvalue weighted by atomic mass is 16.1. The molecule has 124 valence electrons. The van der Waals surface area contributed by atoms with Gasteiger partial charge in [-0.3, -0.25) is 4.90 Å². The van der Waals surface area contributed by atoms with Gasteiger partial charge in [-0.15, -0.1) is 0 Å². The summed E-state index contributed by atoms with van der Waals surface area (Å²) in [5, 5.41) is 0. The van der Waals surface area contributed by atoms with Crippen molar-refractivity contribution < 1.29 is 4.79 Å². The van der Waals surface area contributed by atoms with Crippen LogP contribution < -0.4 is 0 Å². The Labute approximate surface area is 148 Å². The van der Waals surface area contributed by atoms with E-state index in [1.807, 2.05) is 18.2 Å². The number of carbonyl (C=O) groups excluding carboxylic acids is 1. The zero-order valence-electron chi connectivity index (χ0n) is 14.2. The second-order valence-corrected chi connectivity index (χ2v) is 6.58. The summed E-state index contributed by atoms with van der Waals surface area (Å²) in [6.07, 6.45) is 1.08. The van der Waals surface area contributed by atoms with Gasteiger partial charge in [-0.1, -0.05) is 91.0 Å². The monoisotopic (exact) mass is 327 g/mol. The number of benzene rings is 3. The molecule has 0 spiro atoms. The maximum Gasteiger partial charge on any atom is 0.138 e. The lowest BCUT2D eigenvalue weighted by Crippen LogP contribution is -2.39. The van der Waals surface area contributed by atoms with Gasteiger partial charge < -0.3 is 4.79 Å². The zero-order chi connectivity index (χ0) is 17.3. The highest BCUT2D eigenvalue weighted by Gasteiger charge is 2.58. The molecule has 0 radical (unpaired) electrons. The van der Waals surface area contributed by atoms with Gasteiger partial charge in [0, 0.05) is 6.04 Å². The summed E-state index contributed by atoms with van der Waals surface area (Å²) in [4.78, 5) is 14.0. The lowest BCUT2D eigenvalue weighted by atomic mass is 9.76. The molecule has 4 rings (SSSR count). The Balaban J connectivity index is 2.04. The Morgan fingerprint density at radius 3 is 1.36 bits per heavy atom. The van der Waals surface area contributed by atoms with E-state index in [1.54, 1.807) is 0 Å². The second-order valence-electron chi connectivity index (χ2n) is 6.58. The summed E-state index contributed by atoms with van der Waals surface area (Å²) in [7, 11) is 0. The molecule has 0 aromatic heterocycles. The predicted octanol–water partition coefficient (Wildman–Crippen LogP) is 4.25. The van der Waals surface area contributed by atoms with E-state index in [2.05, 4.69) is 84.6 Å². The largest absolute Gasteiger partial charge is 0.302 e. The van der Waals surface area contributed by atoms with Gasteiger partial charge >= 0.3 is 0 Å². The Kier molecular flexibility index (Phi) is 3.98. The molecule has 0 aliphatic carbocycles. The van der Waals surface area contributed by atoms with Crippen LogP contribution in [0.5, 0.6) is 0 Å². The van der Waals surface area contributed by atoms with Gasteiger partial charge in [0.05, 0.1) is 11.6 Å². The first-order valence-corrected chi connectivity index (χ1v) is 8.70. The molecule has 0 bridgehead atoms. The standard InChI is InChI=1S/C23H21NO/c1-18-22(17-25)24(18)23(19-11-5-2-6-12-19,20-13-7-3-8-14-20)21-15-9-4-10-16-21/h2-18,22H,1H3/t18-,22+,24?/m0/s1. The average molecular weight is 327 g/mol. The van der Waals surface area contributed by atoms with Crippen molar-refractivity contribution >= 4 is 6.29 Å². The molecule has 2 heteroatoms. The molecule has 0 amide bonds. The van der Waals surface area contributed by atoms with Crippen molar-refractivity contribution in [3.05, 3.63) is 108 Å². The number of hydrogen-bond acceptors (Lipinski definition) is 2. The van der Waals surface area contributed by atoms with Gasteiger partial charge in [-0.2, -0.15) is 0 Å². The van der Waals surface area contributed by atoms with Crippen LogP contribution in [0, 0.1) is 0 Å². The van der Waals surface area contributed by atoms with Crippen molar-refractivity contribution in [3.63, 3.8) is 0 Å². The molecule has 3 aromatic rings. The minimum absolute atomic E-state index is 0.0689. The van der Waals surface area contributed by atoms with Crippen molar-refractivity contribution in [1.29, 1.82) is 0 Å². The van der Waals surface area contributed by atoms with Crippen molar-refractivity contribution in [3.8, 4) is 0 Å². The van der Waals surface area contributed by atoms with Gasteiger partial charge in [0.25, 0.3) is 0 Å². The maximum atomic E-state index is 11.7. The quantitative estimate of drug-likeness (QED) is 0.397. The lowest BCUT2D eigenvalue weighted by Gasteiger charge is -2.38. The molecule has 25 heavy (non-hydrogen) atoms. The maximum absolute atomic E-state index is 11.7. The molecular weight excluding hydrogens is 306 g/mol. The third kappa shape index (κ3) is 2.41. The van der Waals surface area contributed by atoms with E-state index < -0.39 is 5.54 Å². The van der Waals surface area contributed by atoms with Crippen LogP contribution in [0.15, 0.2) is 91.0 Å². The molecule has 1 aliphatic heterocycles. The van der Waals surface area contributed by atoms with E-state index in [0.29, 0.717) is 0 Å². The number of aldehydes is 1. The predicted molar refractivity (Wildman–Crippen MR) is 100 cm³/mol. The fourth-order valence-corrected chi connectivity index (χ4v) is 4.07. The third-order valence-electron chi connectivity index (χ3n) is 5.27. The molecule has 1 saturated heterocycles. The van der Waals surface area contributed by atoms with Gasteiger partial charge in [-0.25, -0.2) is 0 Å². The van der Waals surface area contributed by atoms with Crippen LogP contribution in [-0.4, -0.2) is 23.3 Å². The normalized spacial score (nSPS) is 22.4. The minimum Gasteiger partial charge on any atom is -0.302 e. The van der Waals surface area contributed by atoms with Crippen LogP contribution in [0.2, 0.25) is 0 Å². The number of nitrogens with zero attached hydrogens (tertiary/aromatic N) is 1. The van der Waals surface area contributed by atoms with E-state index >= 15 is 0 Å². The number of hydrogen-bond donors (Lipinski definition) is 0. The van der Waals surface area contributed by atoms with E-state index in [1.165, 1.54) is 16.7 Å². The molecule has 3 aromatic carbocycles. The highest BCUT2D eigenvalue weighted by molar-refractivity contribution is 5.67. The summed E-state index contributed by atoms with van der Waals surface area (Å²) in [5.74, 6) is 0. The Morgan fingerprint density at radius 1 is 0.720 bits per heavy atom. The molecule has 1 heterocycles. The summed E-state index contributed by atoms with van der Waals surface area (Å²) in [5.41, 5.74) is 3.09. The SMILES string of the molecule is C[C@H]1[C@@H](C=O)N1C(c1ccccc1)(c1ccccc1)c1ccccc1. The molecule has 1 unspecified atom stereocenters. The van der Waals surface area contributed by atoms with Crippen molar-refractivity contribution in [2.75, 3.05) is 0 Å². The summed E-state index contributed by atoms with van der Waals surface area (Å²) in [6, 6.07) is 31.6. The summed E-state index contributed by atoms with van der Waals surface area (Å²) >= 11 is 0. The lowest BCUT2D eigenvalue weighted by molar-refractivity contribution is -0.108. The summed E-state index contributed by atoms with van der Waals surface area (Å²) in [6.45, 7) is 2.13. The fourth-order valence-electron chi connectivity index (χ4n) is 4.07. The van der Waals surface area contributed by atoms with Crippen molar-refractivity contribution in [2.24, 2.45) is 0 Å². The zero-order valence-corrected chi connectivity index (χ0v) is 14.2. The summed E-state index contributed by atoms with van der Waals surface area (Å²) < 4.78 is 0. The third-order valence-corrected chi connectivity index (χ3v) is 5.27. The van der Waals surface area contributed by atoms with Crippen LogP contribution in [0.1, 0.15) is 23.6 Å². The van der Waals surface area contributed by atoms with Crippen LogP contribution in [0.25, 0.3) is 0 Å². The van der Waals surface area contributed by atoms with Crippen LogP contribution in [0.3, 0.4) is 0 Å². The Bertz CT molecular complexity index is 748. The van der Waals surface area contributed by atoms with Gasteiger partial charge in [-0.05, 0) is 23.6 Å². The van der Waals surface area contributed by atoms with E-state index in [-0.39, 0.29) is 12.1 Å². The average Bonchev–Trinajstić information content (AvgIpc) is 3.35. The molecule has 2 nitrogen and oxygen atoms in total.